The zero-order chi connectivity index (χ0) is 13.9. The first-order valence-electron chi connectivity index (χ1n) is 6.63. The Hall–Kier alpha value is -2.56. The summed E-state index contributed by atoms with van der Waals surface area (Å²) in [7, 11) is 0. The van der Waals surface area contributed by atoms with E-state index in [-0.39, 0.29) is 5.69 Å². The molecule has 0 aliphatic carbocycles. The molecule has 2 heterocycles. The molecule has 102 valence electrons. The Balaban J connectivity index is 1.71. The average Bonchev–Trinajstić information content (AvgIpc) is 2.76. The summed E-state index contributed by atoms with van der Waals surface area (Å²) in [4.78, 5) is 12.1. The minimum atomic E-state index is -0.0897. The highest BCUT2D eigenvalue weighted by molar-refractivity contribution is 5.40. The first kappa shape index (κ1) is 12.5. The number of benzene rings is 1. The van der Waals surface area contributed by atoms with Gasteiger partial charge in [0.1, 0.15) is 0 Å². The maximum atomic E-state index is 12.1. The topological polar surface area (TPSA) is 65.3 Å². The summed E-state index contributed by atoms with van der Waals surface area (Å²) in [5.74, 6) is 0. The molecule has 0 radical (unpaired) electrons. The van der Waals surface area contributed by atoms with Gasteiger partial charge in [-0.1, -0.05) is 18.2 Å². The highest BCUT2D eigenvalue weighted by Crippen LogP contribution is 2.09. The predicted molar refractivity (Wildman–Crippen MR) is 78.6 cm³/mol. The summed E-state index contributed by atoms with van der Waals surface area (Å²) in [6, 6.07) is 13.4. The van der Waals surface area contributed by atoms with Gasteiger partial charge in [-0.25, -0.2) is 9.48 Å². The van der Waals surface area contributed by atoms with Gasteiger partial charge in [0.2, 0.25) is 0 Å². The van der Waals surface area contributed by atoms with E-state index in [2.05, 4.69) is 5.10 Å². The summed E-state index contributed by atoms with van der Waals surface area (Å²) in [5, 5.41) is 4.30. The van der Waals surface area contributed by atoms with E-state index in [0.717, 1.165) is 18.5 Å². The van der Waals surface area contributed by atoms with Crippen molar-refractivity contribution in [3.8, 4) is 0 Å². The summed E-state index contributed by atoms with van der Waals surface area (Å²) in [6.45, 7) is 0.606. The number of hydrogen-bond acceptors (Lipinski definition) is 3. The van der Waals surface area contributed by atoms with Crippen LogP contribution in [-0.4, -0.2) is 14.2 Å². The molecule has 5 nitrogen and oxygen atoms in total. The summed E-state index contributed by atoms with van der Waals surface area (Å²) in [5.41, 5.74) is 8.29. The maximum Gasteiger partial charge on any atom is 0.350 e. The second-order valence-electron chi connectivity index (χ2n) is 4.78. The Morgan fingerprint density at radius 3 is 2.85 bits per heavy atom. The molecular weight excluding hydrogens is 252 g/mol. The molecule has 1 aromatic carbocycles. The molecule has 0 spiro atoms. The number of anilines is 1. The highest BCUT2D eigenvalue weighted by atomic mass is 16.2. The molecule has 20 heavy (non-hydrogen) atoms. The number of rotatable bonds is 4. The normalized spacial score (nSPS) is 11.0. The van der Waals surface area contributed by atoms with Crippen LogP contribution in [0.15, 0.2) is 53.5 Å². The van der Waals surface area contributed by atoms with Gasteiger partial charge in [0.05, 0.1) is 0 Å². The first-order chi connectivity index (χ1) is 9.74. The van der Waals surface area contributed by atoms with Gasteiger partial charge >= 0.3 is 5.69 Å². The smallest absolute Gasteiger partial charge is 0.350 e. The van der Waals surface area contributed by atoms with E-state index >= 15 is 0 Å². The van der Waals surface area contributed by atoms with Crippen LogP contribution in [0.2, 0.25) is 0 Å². The SMILES string of the molecule is Nc1cccc(CCCn2nc3ccccn3c2=O)c1. The van der Waals surface area contributed by atoms with Crippen molar-refractivity contribution in [3.05, 3.63) is 64.7 Å². The van der Waals surface area contributed by atoms with Crippen molar-refractivity contribution in [1.82, 2.24) is 14.2 Å². The largest absolute Gasteiger partial charge is 0.399 e. The first-order valence-corrected chi connectivity index (χ1v) is 6.63. The third kappa shape index (κ3) is 2.42. The van der Waals surface area contributed by atoms with Gasteiger partial charge in [-0.15, -0.1) is 5.10 Å². The van der Waals surface area contributed by atoms with E-state index in [1.165, 1.54) is 10.2 Å². The van der Waals surface area contributed by atoms with Crippen LogP contribution in [0.3, 0.4) is 0 Å². The molecule has 0 aliphatic rings. The van der Waals surface area contributed by atoms with Crippen molar-refractivity contribution in [2.45, 2.75) is 19.4 Å². The molecule has 0 atom stereocenters. The fourth-order valence-corrected chi connectivity index (χ4v) is 2.30. The number of nitrogens with zero attached hydrogens (tertiary/aromatic N) is 3. The fourth-order valence-electron chi connectivity index (χ4n) is 2.30. The second-order valence-corrected chi connectivity index (χ2v) is 4.78. The molecule has 2 aromatic heterocycles. The van der Waals surface area contributed by atoms with Crippen molar-refractivity contribution < 1.29 is 0 Å². The Morgan fingerprint density at radius 2 is 2.05 bits per heavy atom. The number of nitrogens with two attached hydrogens (primary N) is 1. The van der Waals surface area contributed by atoms with E-state index in [1.807, 2.05) is 42.5 Å². The molecule has 3 aromatic rings. The summed E-state index contributed by atoms with van der Waals surface area (Å²) in [6.07, 6.45) is 3.47. The number of pyridine rings is 1. The van der Waals surface area contributed by atoms with Crippen LogP contribution < -0.4 is 11.4 Å². The standard InChI is InChI=1S/C15H16N4O/c16-13-7-3-5-12(11-13)6-4-10-19-15(20)18-9-2-1-8-14(18)17-19/h1-3,5,7-9,11H,4,6,10,16H2. The van der Waals surface area contributed by atoms with Crippen LogP contribution >= 0.6 is 0 Å². The minimum absolute atomic E-state index is 0.0897. The summed E-state index contributed by atoms with van der Waals surface area (Å²) < 4.78 is 3.07. The number of hydrogen-bond donors (Lipinski definition) is 1. The van der Waals surface area contributed by atoms with Crippen molar-refractivity contribution in [1.29, 1.82) is 0 Å². The molecule has 0 saturated heterocycles. The van der Waals surface area contributed by atoms with Crippen molar-refractivity contribution in [3.63, 3.8) is 0 Å². The lowest BCUT2D eigenvalue weighted by atomic mass is 10.1. The molecule has 0 unspecified atom stereocenters. The number of fused-ring (bicyclic) bond motifs is 1. The Kier molecular flexibility index (Phi) is 3.25. The van der Waals surface area contributed by atoms with E-state index in [4.69, 9.17) is 5.73 Å². The number of nitrogen functional groups attached to an aromatic ring is 1. The minimum Gasteiger partial charge on any atom is -0.399 e. The van der Waals surface area contributed by atoms with Gasteiger partial charge < -0.3 is 5.73 Å². The zero-order valence-electron chi connectivity index (χ0n) is 11.1. The molecule has 0 aliphatic heterocycles. The van der Waals surface area contributed by atoms with Gasteiger partial charge in [-0.3, -0.25) is 4.40 Å². The predicted octanol–water partition coefficient (Wildman–Crippen LogP) is 1.71. The average molecular weight is 268 g/mol. The Morgan fingerprint density at radius 1 is 1.15 bits per heavy atom. The van der Waals surface area contributed by atoms with E-state index in [1.54, 1.807) is 10.6 Å². The number of aromatic nitrogens is 3. The Bertz CT molecular complexity index is 788. The third-order valence-corrected chi connectivity index (χ3v) is 3.27. The lowest BCUT2D eigenvalue weighted by Crippen LogP contribution is -2.21. The zero-order valence-corrected chi connectivity index (χ0v) is 11.1. The van der Waals surface area contributed by atoms with Crippen LogP contribution in [0.4, 0.5) is 5.69 Å². The fraction of sp³-hybridized carbons (Fsp3) is 0.200. The van der Waals surface area contributed by atoms with Crippen LogP contribution in [0.1, 0.15) is 12.0 Å². The van der Waals surface area contributed by atoms with Gasteiger partial charge in [0.15, 0.2) is 5.65 Å². The molecule has 0 amide bonds. The molecular formula is C15H16N4O. The highest BCUT2D eigenvalue weighted by Gasteiger charge is 2.05. The number of aryl methyl sites for hydroxylation is 2. The van der Waals surface area contributed by atoms with E-state index in [0.29, 0.717) is 12.2 Å². The lowest BCUT2D eigenvalue weighted by molar-refractivity contribution is 0.561. The molecule has 3 rings (SSSR count). The van der Waals surface area contributed by atoms with E-state index < -0.39 is 0 Å². The van der Waals surface area contributed by atoms with Crippen molar-refractivity contribution in [2.75, 3.05) is 5.73 Å². The van der Waals surface area contributed by atoms with Crippen molar-refractivity contribution >= 4 is 11.3 Å². The third-order valence-electron chi connectivity index (χ3n) is 3.27. The van der Waals surface area contributed by atoms with Crippen LogP contribution in [0, 0.1) is 0 Å². The van der Waals surface area contributed by atoms with Crippen molar-refractivity contribution in [2.24, 2.45) is 0 Å². The monoisotopic (exact) mass is 268 g/mol. The Labute approximate surface area is 116 Å². The van der Waals surface area contributed by atoms with Crippen LogP contribution in [-0.2, 0) is 13.0 Å². The second kappa shape index (κ2) is 5.21. The maximum absolute atomic E-state index is 12.1. The van der Waals surface area contributed by atoms with Gasteiger partial charge in [-0.05, 0) is 42.7 Å². The van der Waals surface area contributed by atoms with Gasteiger partial charge in [0, 0.05) is 18.4 Å². The summed E-state index contributed by atoms with van der Waals surface area (Å²) >= 11 is 0. The molecule has 0 saturated carbocycles. The molecule has 0 bridgehead atoms. The lowest BCUT2D eigenvalue weighted by Gasteiger charge is -2.02. The molecule has 0 fully saturated rings. The van der Waals surface area contributed by atoms with E-state index in [9.17, 15) is 4.79 Å². The van der Waals surface area contributed by atoms with Gasteiger partial charge in [-0.2, -0.15) is 0 Å². The molecule has 5 heteroatoms. The molecule has 2 N–H and O–H groups in total. The van der Waals surface area contributed by atoms with Crippen LogP contribution in [0.5, 0.6) is 0 Å². The van der Waals surface area contributed by atoms with Crippen LogP contribution in [0.25, 0.3) is 5.65 Å². The van der Waals surface area contributed by atoms with Gasteiger partial charge in [0.25, 0.3) is 0 Å². The quantitative estimate of drug-likeness (QED) is 0.733.